The third kappa shape index (κ3) is 5.10. The normalized spacial score (nSPS) is 11.7. The molecule has 2 rings (SSSR count). The average Bonchev–Trinajstić information content (AvgIpc) is 2.93. The van der Waals surface area contributed by atoms with Gasteiger partial charge >= 0.3 is 0 Å². The maximum absolute atomic E-state index is 12.4. The number of thiazole rings is 1. The Kier molecular flexibility index (Phi) is 6.50. The Balaban J connectivity index is 1.87. The van der Waals surface area contributed by atoms with Crippen molar-refractivity contribution in [3.8, 4) is 0 Å². The van der Waals surface area contributed by atoms with Crippen LogP contribution >= 0.6 is 27.3 Å². The van der Waals surface area contributed by atoms with Gasteiger partial charge in [-0.3, -0.25) is 4.79 Å². The third-order valence-corrected chi connectivity index (χ3v) is 6.43. The van der Waals surface area contributed by atoms with E-state index in [1.54, 1.807) is 23.5 Å². The van der Waals surface area contributed by atoms with Gasteiger partial charge in [0.15, 0.2) is 0 Å². The van der Waals surface area contributed by atoms with E-state index in [0.717, 1.165) is 19.5 Å². The minimum Gasteiger partial charge on any atom is -0.355 e. The first-order valence-corrected chi connectivity index (χ1v) is 10.3. The number of aromatic nitrogens is 1. The first-order valence-electron chi connectivity index (χ1n) is 7.18. The van der Waals surface area contributed by atoms with Crippen molar-refractivity contribution in [2.75, 3.05) is 20.1 Å². The maximum Gasteiger partial charge on any atom is 0.243 e. The van der Waals surface area contributed by atoms with E-state index in [2.05, 4.69) is 26.2 Å². The number of nitrogens with zero attached hydrogens (tertiary/aromatic N) is 2. The van der Waals surface area contributed by atoms with Crippen LogP contribution in [0.2, 0.25) is 0 Å². The number of nitrogens with one attached hydrogen (secondary N) is 1. The van der Waals surface area contributed by atoms with Crippen molar-refractivity contribution in [1.29, 1.82) is 0 Å². The molecular formula is C15H18BrN3O3S2. The SMILES string of the molecule is Cc1nc(CCNC(=O)CN(C)S(=O)(=O)c2ccc(Br)cc2)cs1. The van der Waals surface area contributed by atoms with Crippen LogP contribution in [0.5, 0.6) is 0 Å². The summed E-state index contributed by atoms with van der Waals surface area (Å²) in [6.45, 7) is 2.12. The highest BCUT2D eigenvalue weighted by atomic mass is 79.9. The Morgan fingerprint density at radius 1 is 1.33 bits per heavy atom. The summed E-state index contributed by atoms with van der Waals surface area (Å²) in [5.41, 5.74) is 0.925. The van der Waals surface area contributed by atoms with Crippen LogP contribution in [-0.2, 0) is 21.2 Å². The van der Waals surface area contributed by atoms with E-state index in [9.17, 15) is 13.2 Å². The number of hydrogen-bond acceptors (Lipinski definition) is 5. The Labute approximate surface area is 154 Å². The van der Waals surface area contributed by atoms with Gasteiger partial charge in [-0.2, -0.15) is 4.31 Å². The van der Waals surface area contributed by atoms with E-state index in [-0.39, 0.29) is 17.3 Å². The lowest BCUT2D eigenvalue weighted by Crippen LogP contribution is -2.39. The average molecular weight is 432 g/mol. The zero-order valence-corrected chi connectivity index (χ0v) is 16.5. The molecule has 0 radical (unpaired) electrons. The Hall–Kier alpha value is -1.29. The van der Waals surface area contributed by atoms with Crippen molar-refractivity contribution in [2.45, 2.75) is 18.2 Å². The summed E-state index contributed by atoms with van der Waals surface area (Å²) in [5.74, 6) is -0.342. The van der Waals surface area contributed by atoms with Crippen LogP contribution in [0.3, 0.4) is 0 Å². The minimum atomic E-state index is -3.68. The third-order valence-electron chi connectivity index (χ3n) is 3.26. The molecule has 24 heavy (non-hydrogen) atoms. The number of carbonyl (C=O) groups excluding carboxylic acids is 1. The zero-order valence-electron chi connectivity index (χ0n) is 13.3. The van der Waals surface area contributed by atoms with Gasteiger partial charge in [0, 0.05) is 29.9 Å². The molecule has 6 nitrogen and oxygen atoms in total. The number of benzene rings is 1. The molecule has 1 aromatic carbocycles. The van der Waals surface area contributed by atoms with Gasteiger partial charge in [-0.05, 0) is 31.2 Å². The van der Waals surface area contributed by atoms with Crippen molar-refractivity contribution >= 4 is 43.2 Å². The quantitative estimate of drug-likeness (QED) is 0.728. The van der Waals surface area contributed by atoms with E-state index >= 15 is 0 Å². The molecule has 1 N–H and O–H groups in total. The topological polar surface area (TPSA) is 79.4 Å². The monoisotopic (exact) mass is 431 g/mol. The molecule has 0 aliphatic heterocycles. The lowest BCUT2D eigenvalue weighted by Gasteiger charge is -2.16. The molecule has 0 atom stereocenters. The fourth-order valence-electron chi connectivity index (χ4n) is 1.98. The molecule has 0 unspecified atom stereocenters. The van der Waals surface area contributed by atoms with Crippen molar-refractivity contribution in [3.63, 3.8) is 0 Å². The summed E-state index contributed by atoms with van der Waals surface area (Å²) < 4.78 is 26.6. The smallest absolute Gasteiger partial charge is 0.243 e. The summed E-state index contributed by atoms with van der Waals surface area (Å²) in [6, 6.07) is 6.30. The van der Waals surface area contributed by atoms with Crippen LogP contribution < -0.4 is 5.32 Å². The van der Waals surface area contributed by atoms with Crippen molar-refractivity contribution in [1.82, 2.24) is 14.6 Å². The van der Waals surface area contributed by atoms with Gasteiger partial charge in [-0.15, -0.1) is 11.3 Å². The molecule has 0 saturated carbocycles. The second-order valence-corrected chi connectivity index (χ2v) is 9.20. The van der Waals surface area contributed by atoms with Gasteiger partial charge in [-0.1, -0.05) is 15.9 Å². The first-order chi connectivity index (χ1) is 11.3. The fraction of sp³-hybridized carbons (Fsp3) is 0.333. The van der Waals surface area contributed by atoms with Crippen molar-refractivity contribution < 1.29 is 13.2 Å². The van der Waals surface area contributed by atoms with Crippen molar-refractivity contribution in [3.05, 3.63) is 44.8 Å². The number of likely N-dealkylation sites (N-methyl/N-ethyl adjacent to an activating group) is 1. The van der Waals surface area contributed by atoms with Crippen LogP contribution in [0.1, 0.15) is 10.7 Å². The number of aryl methyl sites for hydroxylation is 1. The van der Waals surface area contributed by atoms with Gasteiger partial charge in [0.1, 0.15) is 0 Å². The van der Waals surface area contributed by atoms with E-state index in [1.165, 1.54) is 19.2 Å². The highest BCUT2D eigenvalue weighted by molar-refractivity contribution is 9.10. The van der Waals surface area contributed by atoms with E-state index in [1.807, 2.05) is 12.3 Å². The number of amides is 1. The van der Waals surface area contributed by atoms with Crippen LogP contribution in [0.15, 0.2) is 39.0 Å². The predicted molar refractivity (Wildman–Crippen MR) is 97.5 cm³/mol. The molecule has 0 aliphatic carbocycles. The summed E-state index contributed by atoms with van der Waals surface area (Å²) >= 11 is 4.82. The zero-order chi connectivity index (χ0) is 17.7. The number of rotatable bonds is 7. The van der Waals surface area contributed by atoms with Crippen molar-refractivity contribution in [2.24, 2.45) is 0 Å². The second kappa shape index (κ2) is 8.19. The van der Waals surface area contributed by atoms with Crippen LogP contribution in [-0.4, -0.2) is 43.8 Å². The molecule has 1 amide bonds. The van der Waals surface area contributed by atoms with Crippen LogP contribution in [0, 0.1) is 6.92 Å². The summed E-state index contributed by atoms with van der Waals surface area (Å²) in [7, 11) is -2.29. The number of hydrogen-bond donors (Lipinski definition) is 1. The fourth-order valence-corrected chi connectivity index (χ4v) is 4.02. The molecule has 9 heteroatoms. The van der Waals surface area contributed by atoms with E-state index in [0.29, 0.717) is 13.0 Å². The molecule has 1 heterocycles. The molecule has 0 spiro atoms. The summed E-state index contributed by atoms with van der Waals surface area (Å²) in [5, 5.41) is 5.65. The molecule has 0 saturated heterocycles. The van der Waals surface area contributed by atoms with Crippen LogP contribution in [0.25, 0.3) is 0 Å². The van der Waals surface area contributed by atoms with Gasteiger partial charge < -0.3 is 5.32 Å². The molecule has 130 valence electrons. The Bertz CT molecular complexity index is 804. The predicted octanol–water partition coefficient (Wildman–Crippen LogP) is 2.19. The molecule has 0 aliphatic rings. The highest BCUT2D eigenvalue weighted by Gasteiger charge is 2.22. The number of sulfonamides is 1. The Morgan fingerprint density at radius 2 is 2.00 bits per heavy atom. The van der Waals surface area contributed by atoms with Gasteiger partial charge in [0.25, 0.3) is 0 Å². The van der Waals surface area contributed by atoms with Crippen LogP contribution in [0.4, 0.5) is 0 Å². The van der Waals surface area contributed by atoms with E-state index < -0.39 is 10.0 Å². The lowest BCUT2D eigenvalue weighted by molar-refractivity contribution is -0.121. The maximum atomic E-state index is 12.4. The summed E-state index contributed by atoms with van der Waals surface area (Å²) in [6.07, 6.45) is 0.624. The highest BCUT2D eigenvalue weighted by Crippen LogP contribution is 2.17. The second-order valence-electron chi connectivity index (χ2n) is 5.17. The molecule has 2 aromatic rings. The molecule has 0 bridgehead atoms. The standard InChI is InChI=1S/C15H18BrN3O3S2/c1-11-18-13(10-23-11)7-8-17-15(20)9-19(2)24(21,22)14-5-3-12(16)4-6-14/h3-6,10H,7-9H2,1-2H3,(H,17,20). The minimum absolute atomic E-state index is 0.152. The largest absolute Gasteiger partial charge is 0.355 e. The lowest BCUT2D eigenvalue weighted by atomic mass is 10.3. The summed E-state index contributed by atoms with van der Waals surface area (Å²) in [4.78, 5) is 16.4. The number of carbonyl (C=O) groups is 1. The Morgan fingerprint density at radius 3 is 2.58 bits per heavy atom. The van der Waals surface area contributed by atoms with Gasteiger partial charge in [0.2, 0.25) is 15.9 Å². The first kappa shape index (κ1) is 19.0. The van der Waals surface area contributed by atoms with Gasteiger partial charge in [-0.25, -0.2) is 13.4 Å². The van der Waals surface area contributed by atoms with Gasteiger partial charge in [0.05, 0.1) is 22.1 Å². The van der Waals surface area contributed by atoms with E-state index in [4.69, 9.17) is 0 Å². The molecule has 1 aromatic heterocycles. The molecule has 0 fully saturated rings. The number of halogens is 1. The molecular weight excluding hydrogens is 414 g/mol.